The zero-order valence-electron chi connectivity index (χ0n) is 12.7. The molecule has 116 valence electrons. The Labute approximate surface area is 133 Å². The van der Waals surface area contributed by atoms with Crippen molar-refractivity contribution in [2.75, 3.05) is 5.32 Å². The molecule has 5 heteroatoms. The van der Waals surface area contributed by atoms with Crippen molar-refractivity contribution in [3.05, 3.63) is 72.1 Å². The Bertz CT molecular complexity index is 881. The third-order valence-corrected chi connectivity index (χ3v) is 3.64. The predicted octanol–water partition coefficient (Wildman–Crippen LogP) is 3.66. The number of benzene rings is 2. The maximum absolute atomic E-state index is 13.0. The highest BCUT2D eigenvalue weighted by Gasteiger charge is 2.13. The van der Waals surface area contributed by atoms with Crippen LogP contribution in [-0.4, -0.2) is 15.7 Å². The van der Waals surface area contributed by atoms with Gasteiger partial charge >= 0.3 is 0 Å². The maximum Gasteiger partial charge on any atom is 0.248 e. The summed E-state index contributed by atoms with van der Waals surface area (Å²) in [5, 5.41) is 8.09. The van der Waals surface area contributed by atoms with Crippen LogP contribution < -0.4 is 5.32 Å². The van der Waals surface area contributed by atoms with Gasteiger partial charge in [0.2, 0.25) is 5.91 Å². The van der Waals surface area contributed by atoms with Gasteiger partial charge in [0, 0.05) is 5.39 Å². The first kappa shape index (κ1) is 15.0. The Hall–Kier alpha value is -2.95. The summed E-state index contributed by atoms with van der Waals surface area (Å²) in [5.41, 5.74) is 2.92. The average molecular weight is 309 g/mol. The van der Waals surface area contributed by atoms with Crippen molar-refractivity contribution < 1.29 is 9.18 Å². The molecule has 4 nitrogen and oxygen atoms in total. The van der Waals surface area contributed by atoms with Crippen LogP contribution >= 0.6 is 0 Å². The van der Waals surface area contributed by atoms with Gasteiger partial charge < -0.3 is 5.32 Å². The Morgan fingerprint density at radius 2 is 2.04 bits per heavy atom. The van der Waals surface area contributed by atoms with Gasteiger partial charge in [0.25, 0.3) is 0 Å². The fraction of sp³-hybridized carbons (Fsp3) is 0.111. The largest absolute Gasteiger partial charge is 0.305 e. The average Bonchev–Trinajstić information content (AvgIpc) is 2.88. The second-order valence-corrected chi connectivity index (χ2v) is 5.30. The number of rotatable bonds is 4. The maximum atomic E-state index is 13.0. The van der Waals surface area contributed by atoms with E-state index in [9.17, 15) is 9.18 Å². The van der Waals surface area contributed by atoms with Crippen molar-refractivity contribution in [2.24, 2.45) is 0 Å². The van der Waals surface area contributed by atoms with Gasteiger partial charge in [-0.1, -0.05) is 30.8 Å². The number of fused-ring (bicyclic) bond motifs is 1. The Morgan fingerprint density at radius 1 is 1.30 bits per heavy atom. The molecule has 0 saturated heterocycles. The van der Waals surface area contributed by atoms with E-state index >= 15 is 0 Å². The molecule has 0 aliphatic rings. The molecule has 0 radical (unpaired) electrons. The number of carbonyl (C=O) groups is 1. The third-order valence-electron chi connectivity index (χ3n) is 3.64. The number of aromatic nitrogens is 2. The van der Waals surface area contributed by atoms with Crippen molar-refractivity contribution in [1.82, 2.24) is 9.78 Å². The SMILES string of the molecule is C=CC(=O)Nc1nn(Cc2ccc(F)cc2)c2c(C)cccc12. The minimum Gasteiger partial charge on any atom is -0.305 e. The lowest BCUT2D eigenvalue weighted by atomic mass is 10.1. The van der Waals surface area contributed by atoms with Gasteiger partial charge in [0.1, 0.15) is 5.82 Å². The van der Waals surface area contributed by atoms with Gasteiger partial charge in [0.15, 0.2) is 5.82 Å². The number of nitrogens with one attached hydrogen (secondary N) is 1. The molecule has 0 bridgehead atoms. The molecule has 1 aromatic heterocycles. The molecule has 0 saturated carbocycles. The summed E-state index contributed by atoms with van der Waals surface area (Å²) in [6, 6.07) is 12.1. The van der Waals surface area contributed by atoms with Crippen molar-refractivity contribution >= 4 is 22.6 Å². The molecule has 0 fully saturated rings. The van der Waals surface area contributed by atoms with Crippen LogP contribution in [0.1, 0.15) is 11.1 Å². The van der Waals surface area contributed by atoms with E-state index in [0.29, 0.717) is 12.4 Å². The molecule has 0 unspecified atom stereocenters. The molecule has 3 aromatic rings. The summed E-state index contributed by atoms with van der Waals surface area (Å²) in [5.74, 6) is -0.0789. The Kier molecular flexibility index (Phi) is 3.93. The summed E-state index contributed by atoms with van der Waals surface area (Å²) in [6.07, 6.45) is 1.21. The van der Waals surface area contributed by atoms with Crippen LogP contribution in [0.15, 0.2) is 55.1 Å². The van der Waals surface area contributed by atoms with Crippen molar-refractivity contribution in [1.29, 1.82) is 0 Å². The molecule has 0 spiro atoms. The molecule has 1 heterocycles. The minimum absolute atomic E-state index is 0.269. The second kappa shape index (κ2) is 6.04. The molecule has 0 atom stereocenters. The van der Waals surface area contributed by atoms with E-state index in [1.807, 2.05) is 29.8 Å². The normalized spacial score (nSPS) is 10.7. The first-order valence-corrected chi connectivity index (χ1v) is 7.22. The van der Waals surface area contributed by atoms with Crippen LogP contribution in [-0.2, 0) is 11.3 Å². The molecule has 3 rings (SSSR count). The Morgan fingerprint density at radius 3 is 2.74 bits per heavy atom. The number of anilines is 1. The van der Waals surface area contributed by atoms with E-state index in [1.165, 1.54) is 18.2 Å². The number of hydrogen-bond donors (Lipinski definition) is 1. The third kappa shape index (κ3) is 2.99. The number of amides is 1. The number of halogens is 1. The highest BCUT2D eigenvalue weighted by atomic mass is 19.1. The van der Waals surface area contributed by atoms with E-state index in [2.05, 4.69) is 17.0 Å². The quantitative estimate of drug-likeness (QED) is 0.748. The first-order chi connectivity index (χ1) is 11.1. The summed E-state index contributed by atoms with van der Waals surface area (Å²) in [4.78, 5) is 11.6. The number of carbonyl (C=O) groups excluding carboxylic acids is 1. The van der Waals surface area contributed by atoms with Crippen LogP contribution in [0.5, 0.6) is 0 Å². The van der Waals surface area contributed by atoms with Gasteiger partial charge in [-0.25, -0.2) is 4.39 Å². The molecule has 1 amide bonds. The van der Waals surface area contributed by atoms with Crippen molar-refractivity contribution in [2.45, 2.75) is 13.5 Å². The second-order valence-electron chi connectivity index (χ2n) is 5.30. The fourth-order valence-corrected chi connectivity index (χ4v) is 2.55. The monoisotopic (exact) mass is 309 g/mol. The lowest BCUT2D eigenvalue weighted by Crippen LogP contribution is -2.09. The van der Waals surface area contributed by atoms with Gasteiger partial charge in [-0.2, -0.15) is 5.10 Å². The van der Waals surface area contributed by atoms with Crippen LogP contribution in [0.25, 0.3) is 10.9 Å². The van der Waals surface area contributed by atoms with Crippen molar-refractivity contribution in [3.63, 3.8) is 0 Å². The molecule has 2 aromatic carbocycles. The minimum atomic E-state index is -0.306. The van der Waals surface area contributed by atoms with E-state index < -0.39 is 0 Å². The van der Waals surface area contributed by atoms with E-state index in [0.717, 1.165) is 22.0 Å². The van der Waals surface area contributed by atoms with E-state index in [4.69, 9.17) is 0 Å². The number of para-hydroxylation sites is 1. The van der Waals surface area contributed by atoms with E-state index in [-0.39, 0.29) is 11.7 Å². The zero-order chi connectivity index (χ0) is 16.4. The first-order valence-electron chi connectivity index (χ1n) is 7.22. The van der Waals surface area contributed by atoms with Crippen LogP contribution in [0.3, 0.4) is 0 Å². The van der Waals surface area contributed by atoms with Gasteiger partial charge in [-0.3, -0.25) is 9.48 Å². The van der Waals surface area contributed by atoms with Crippen LogP contribution in [0, 0.1) is 12.7 Å². The van der Waals surface area contributed by atoms with Gasteiger partial charge in [-0.15, -0.1) is 0 Å². The van der Waals surface area contributed by atoms with Gasteiger partial charge in [0.05, 0.1) is 12.1 Å². The smallest absolute Gasteiger partial charge is 0.248 e. The summed E-state index contributed by atoms with van der Waals surface area (Å²) < 4.78 is 14.9. The highest BCUT2D eigenvalue weighted by Crippen LogP contribution is 2.26. The number of hydrogen-bond acceptors (Lipinski definition) is 2. The predicted molar refractivity (Wildman–Crippen MR) is 88.8 cm³/mol. The summed E-state index contributed by atoms with van der Waals surface area (Å²) in [6.45, 7) is 5.94. The van der Waals surface area contributed by atoms with Crippen LogP contribution in [0.2, 0.25) is 0 Å². The topological polar surface area (TPSA) is 46.9 Å². The molecule has 23 heavy (non-hydrogen) atoms. The van der Waals surface area contributed by atoms with Gasteiger partial charge in [-0.05, 0) is 42.3 Å². The lowest BCUT2D eigenvalue weighted by Gasteiger charge is -2.05. The van der Waals surface area contributed by atoms with E-state index in [1.54, 1.807) is 12.1 Å². The summed E-state index contributed by atoms with van der Waals surface area (Å²) >= 11 is 0. The molecule has 0 aliphatic heterocycles. The highest BCUT2D eigenvalue weighted by molar-refractivity contribution is 6.04. The number of aryl methyl sites for hydroxylation is 1. The lowest BCUT2D eigenvalue weighted by molar-refractivity contribution is -0.111. The molecular formula is C18H16FN3O. The number of nitrogens with zero attached hydrogens (tertiary/aromatic N) is 2. The summed E-state index contributed by atoms with van der Waals surface area (Å²) in [7, 11) is 0. The van der Waals surface area contributed by atoms with Crippen LogP contribution in [0.4, 0.5) is 10.2 Å². The van der Waals surface area contributed by atoms with Crippen molar-refractivity contribution in [3.8, 4) is 0 Å². The standard InChI is InChI=1S/C18H16FN3O/c1-3-16(23)20-18-15-6-4-5-12(2)17(15)22(21-18)11-13-7-9-14(19)10-8-13/h3-10H,1,11H2,2H3,(H,20,21,23). The zero-order valence-corrected chi connectivity index (χ0v) is 12.7. The molecular weight excluding hydrogens is 293 g/mol. The fourth-order valence-electron chi connectivity index (χ4n) is 2.55. The molecule has 0 aliphatic carbocycles. The Balaban J connectivity index is 2.07. The molecule has 1 N–H and O–H groups in total.